The summed E-state index contributed by atoms with van der Waals surface area (Å²) >= 11 is 0. The van der Waals surface area contributed by atoms with Gasteiger partial charge in [0.15, 0.2) is 0 Å². The van der Waals surface area contributed by atoms with Crippen LogP contribution >= 0.6 is 0 Å². The van der Waals surface area contributed by atoms with Crippen molar-refractivity contribution >= 4 is 5.69 Å². The Morgan fingerprint density at radius 1 is 1.26 bits per heavy atom. The number of nitriles is 1. The molecule has 102 valence electrons. The van der Waals surface area contributed by atoms with Gasteiger partial charge in [-0.15, -0.1) is 0 Å². The lowest BCUT2D eigenvalue weighted by Gasteiger charge is -2.33. The van der Waals surface area contributed by atoms with Gasteiger partial charge in [-0.3, -0.25) is 4.90 Å². The van der Waals surface area contributed by atoms with Crippen LogP contribution in [0.5, 0.6) is 0 Å². The Balaban J connectivity index is 2.11. The minimum atomic E-state index is -0.205. The average molecular weight is 259 g/mol. The summed E-state index contributed by atoms with van der Waals surface area (Å²) < 4.78 is 0. The van der Waals surface area contributed by atoms with Crippen molar-refractivity contribution < 1.29 is 5.11 Å². The molecule has 2 rings (SSSR count). The number of likely N-dealkylation sites (tertiary alicyclic amines) is 1. The van der Waals surface area contributed by atoms with Crippen molar-refractivity contribution in [1.29, 1.82) is 5.26 Å². The van der Waals surface area contributed by atoms with Gasteiger partial charge in [-0.05, 0) is 30.5 Å². The molecule has 1 saturated heterocycles. The van der Waals surface area contributed by atoms with Crippen molar-refractivity contribution in [2.24, 2.45) is 0 Å². The summed E-state index contributed by atoms with van der Waals surface area (Å²) in [6.45, 7) is 1.57. The van der Waals surface area contributed by atoms with Crippen molar-refractivity contribution in [2.45, 2.75) is 25.0 Å². The van der Waals surface area contributed by atoms with Gasteiger partial charge in [-0.25, -0.2) is 0 Å². The second-order valence-corrected chi connectivity index (χ2v) is 5.28. The van der Waals surface area contributed by atoms with Crippen molar-refractivity contribution in [3.8, 4) is 6.07 Å². The van der Waals surface area contributed by atoms with E-state index in [1.807, 2.05) is 43.3 Å². The molecule has 1 aliphatic heterocycles. The zero-order valence-electron chi connectivity index (χ0n) is 11.6. The normalized spacial score (nSPS) is 18.8. The summed E-state index contributed by atoms with van der Waals surface area (Å²) in [5.41, 5.74) is 2.17. The van der Waals surface area contributed by atoms with E-state index in [1.165, 1.54) is 0 Å². The number of hydrogen-bond donors (Lipinski definition) is 1. The van der Waals surface area contributed by atoms with Crippen LogP contribution in [0.2, 0.25) is 0 Å². The first-order chi connectivity index (χ1) is 9.11. The Labute approximate surface area is 114 Å². The number of piperidine rings is 1. The molecule has 0 bridgehead atoms. The van der Waals surface area contributed by atoms with Crippen LogP contribution in [-0.4, -0.2) is 43.3 Å². The van der Waals surface area contributed by atoms with Crippen LogP contribution in [0.4, 0.5) is 5.69 Å². The largest absolute Gasteiger partial charge is 0.393 e. The van der Waals surface area contributed by atoms with Gasteiger partial charge in [0.25, 0.3) is 0 Å². The Bertz CT molecular complexity index is 441. The Morgan fingerprint density at radius 2 is 1.84 bits per heavy atom. The zero-order valence-corrected chi connectivity index (χ0v) is 11.6. The third-order valence-corrected chi connectivity index (χ3v) is 3.71. The van der Waals surface area contributed by atoms with Crippen LogP contribution in [0, 0.1) is 11.3 Å². The van der Waals surface area contributed by atoms with E-state index in [0.29, 0.717) is 0 Å². The number of rotatable bonds is 3. The van der Waals surface area contributed by atoms with E-state index in [2.05, 4.69) is 11.0 Å². The number of hydrogen-bond acceptors (Lipinski definition) is 4. The molecular formula is C15H21N3O. The van der Waals surface area contributed by atoms with E-state index in [1.54, 1.807) is 0 Å². The van der Waals surface area contributed by atoms with Crippen molar-refractivity contribution in [3.63, 3.8) is 0 Å². The molecule has 0 aliphatic carbocycles. The van der Waals surface area contributed by atoms with Gasteiger partial charge in [-0.2, -0.15) is 5.26 Å². The maximum absolute atomic E-state index is 9.53. The van der Waals surface area contributed by atoms with Crippen LogP contribution in [-0.2, 0) is 0 Å². The van der Waals surface area contributed by atoms with Crippen molar-refractivity contribution in [2.75, 3.05) is 32.1 Å². The molecule has 4 heteroatoms. The first-order valence-corrected chi connectivity index (χ1v) is 6.71. The Kier molecular flexibility index (Phi) is 4.41. The van der Waals surface area contributed by atoms with E-state index < -0.39 is 0 Å². The number of benzene rings is 1. The topological polar surface area (TPSA) is 50.5 Å². The predicted octanol–water partition coefficient (Wildman–Crippen LogP) is 1.77. The Hall–Kier alpha value is -1.57. The highest BCUT2D eigenvalue weighted by Gasteiger charge is 2.25. The molecule has 1 N–H and O–H groups in total. The summed E-state index contributed by atoms with van der Waals surface area (Å²) in [5, 5.41) is 18.9. The molecule has 1 aromatic carbocycles. The molecule has 1 aromatic rings. The van der Waals surface area contributed by atoms with Gasteiger partial charge >= 0.3 is 0 Å². The number of aliphatic hydroxyl groups excluding tert-OH is 1. The first kappa shape index (κ1) is 13.9. The molecule has 0 amide bonds. The minimum Gasteiger partial charge on any atom is -0.393 e. The second kappa shape index (κ2) is 6.05. The smallest absolute Gasteiger partial charge is 0.123 e. The molecule has 4 nitrogen and oxygen atoms in total. The first-order valence-electron chi connectivity index (χ1n) is 6.71. The molecule has 0 saturated carbocycles. The van der Waals surface area contributed by atoms with Gasteiger partial charge in [-0.1, -0.05) is 12.1 Å². The standard InChI is InChI=1S/C15H21N3O/c1-17(2)13-5-3-12(4-6-13)15(11-16)18-9-7-14(19)8-10-18/h3-6,14-15,19H,7-10H2,1-2H3. The lowest BCUT2D eigenvalue weighted by molar-refractivity contribution is 0.0716. The third kappa shape index (κ3) is 3.25. The van der Waals surface area contributed by atoms with Gasteiger partial charge < -0.3 is 10.0 Å². The van der Waals surface area contributed by atoms with Crippen molar-refractivity contribution in [3.05, 3.63) is 29.8 Å². The fourth-order valence-electron chi connectivity index (χ4n) is 2.47. The SMILES string of the molecule is CN(C)c1ccc(C(C#N)N2CCC(O)CC2)cc1. The third-order valence-electron chi connectivity index (χ3n) is 3.71. The molecule has 0 aromatic heterocycles. The maximum Gasteiger partial charge on any atom is 0.123 e. The van der Waals surface area contributed by atoms with Crippen LogP contribution in [0.15, 0.2) is 24.3 Å². The van der Waals surface area contributed by atoms with Gasteiger partial charge in [0.2, 0.25) is 0 Å². The van der Waals surface area contributed by atoms with E-state index in [0.717, 1.165) is 37.2 Å². The van der Waals surface area contributed by atoms with Crippen LogP contribution in [0.25, 0.3) is 0 Å². The quantitative estimate of drug-likeness (QED) is 0.899. The highest BCUT2D eigenvalue weighted by molar-refractivity contribution is 5.47. The summed E-state index contributed by atoms with van der Waals surface area (Å²) in [6, 6.07) is 10.3. The molecule has 1 aliphatic rings. The van der Waals surface area contributed by atoms with Crippen molar-refractivity contribution in [1.82, 2.24) is 4.90 Å². The van der Waals surface area contributed by atoms with Gasteiger partial charge in [0.05, 0.1) is 12.2 Å². The summed E-state index contributed by atoms with van der Waals surface area (Å²) in [7, 11) is 4.01. The molecule has 0 radical (unpaired) electrons. The van der Waals surface area contributed by atoms with Crippen LogP contribution in [0.3, 0.4) is 0 Å². The molecule has 19 heavy (non-hydrogen) atoms. The molecular weight excluding hydrogens is 238 g/mol. The highest BCUT2D eigenvalue weighted by Crippen LogP contribution is 2.25. The lowest BCUT2D eigenvalue weighted by Crippen LogP contribution is -2.38. The summed E-state index contributed by atoms with van der Waals surface area (Å²) in [5.74, 6) is 0. The average Bonchev–Trinajstić information content (AvgIpc) is 2.42. The monoisotopic (exact) mass is 259 g/mol. The van der Waals surface area contributed by atoms with E-state index in [9.17, 15) is 10.4 Å². The Morgan fingerprint density at radius 3 is 2.32 bits per heavy atom. The van der Waals surface area contributed by atoms with Gasteiger partial charge in [0.1, 0.15) is 6.04 Å². The summed E-state index contributed by atoms with van der Waals surface area (Å²) in [4.78, 5) is 4.19. The van der Waals surface area contributed by atoms with Gasteiger partial charge in [0, 0.05) is 32.9 Å². The number of nitrogens with zero attached hydrogens (tertiary/aromatic N) is 3. The minimum absolute atomic E-state index is 0.202. The molecule has 1 heterocycles. The number of anilines is 1. The molecule has 1 atom stereocenters. The van der Waals surface area contributed by atoms with Crippen LogP contribution < -0.4 is 4.90 Å². The maximum atomic E-state index is 9.53. The molecule has 0 spiro atoms. The lowest BCUT2D eigenvalue weighted by atomic mass is 10.0. The van der Waals surface area contributed by atoms with Crippen LogP contribution in [0.1, 0.15) is 24.4 Å². The fourth-order valence-corrected chi connectivity index (χ4v) is 2.47. The predicted molar refractivity (Wildman–Crippen MR) is 75.9 cm³/mol. The second-order valence-electron chi connectivity index (χ2n) is 5.28. The number of aliphatic hydroxyl groups is 1. The molecule has 1 fully saturated rings. The highest BCUT2D eigenvalue weighted by atomic mass is 16.3. The van der Waals surface area contributed by atoms with E-state index in [4.69, 9.17) is 0 Å². The van der Waals surface area contributed by atoms with E-state index >= 15 is 0 Å². The zero-order chi connectivity index (χ0) is 13.8. The van der Waals surface area contributed by atoms with E-state index in [-0.39, 0.29) is 12.1 Å². The molecule has 1 unspecified atom stereocenters. The fraction of sp³-hybridized carbons (Fsp3) is 0.533. The summed E-state index contributed by atoms with van der Waals surface area (Å²) in [6.07, 6.45) is 1.31.